The lowest BCUT2D eigenvalue weighted by Gasteiger charge is -2.09. The van der Waals surface area contributed by atoms with Gasteiger partial charge in [0.05, 0.1) is 0 Å². The summed E-state index contributed by atoms with van der Waals surface area (Å²) in [4.78, 5) is 18.5. The topological polar surface area (TPSA) is 45.2 Å². The minimum absolute atomic E-state index is 0. The summed E-state index contributed by atoms with van der Waals surface area (Å²) in [5.41, 5.74) is 5.17. The Bertz CT molecular complexity index is 725. The van der Waals surface area contributed by atoms with E-state index in [0.29, 0.717) is 5.56 Å². The van der Waals surface area contributed by atoms with Crippen molar-refractivity contribution in [1.29, 1.82) is 0 Å². The quantitative estimate of drug-likeness (QED) is 0.829. The van der Waals surface area contributed by atoms with Gasteiger partial charge in [0.2, 0.25) is 0 Å². The smallest absolute Gasteiger partial charge is 0.251 e. The average molecular weight is 370 g/mol. The van der Waals surface area contributed by atoms with E-state index in [2.05, 4.69) is 35.1 Å². The third kappa shape index (κ3) is 6.17. The van der Waals surface area contributed by atoms with Gasteiger partial charge in [-0.1, -0.05) is 32.4 Å². The number of carbonyl (C=O) groups is 1. The lowest BCUT2D eigenvalue weighted by atomic mass is 10.00. The predicted octanol–water partition coefficient (Wildman–Crippen LogP) is 4.72. The number of rotatable bonds is 5. The number of nitrogens with one attached hydrogen (secondary N) is 1. The summed E-state index contributed by atoms with van der Waals surface area (Å²) in [6, 6.07) is 9.84. The number of benzene rings is 1. The first-order chi connectivity index (χ1) is 13.1. The molecule has 0 spiro atoms. The van der Waals surface area contributed by atoms with Gasteiger partial charge in [0.1, 0.15) is 0 Å². The SMILES string of the molecule is CCCc1cnc(C)c(-c2ccc(C(=O)NC)cc2)c1.CCN1CCCC1.[HH]. The Hall–Kier alpha value is -2.20. The second-order valence-electron chi connectivity index (χ2n) is 7.02. The average Bonchev–Trinajstić information content (AvgIpc) is 3.24. The van der Waals surface area contributed by atoms with Gasteiger partial charge in [-0.25, -0.2) is 0 Å². The van der Waals surface area contributed by atoms with Crippen LogP contribution in [0.4, 0.5) is 0 Å². The Balaban J connectivity index is 0.000000414. The third-order valence-corrected chi connectivity index (χ3v) is 5.01. The molecule has 0 radical (unpaired) electrons. The van der Waals surface area contributed by atoms with Crippen LogP contribution in [0, 0.1) is 6.92 Å². The highest BCUT2D eigenvalue weighted by atomic mass is 16.1. The van der Waals surface area contributed by atoms with Crippen molar-refractivity contribution in [3.8, 4) is 11.1 Å². The van der Waals surface area contributed by atoms with E-state index in [-0.39, 0.29) is 7.33 Å². The molecule has 1 aliphatic rings. The second kappa shape index (κ2) is 10.8. The molecular formula is C23H35N3O. The van der Waals surface area contributed by atoms with Crippen LogP contribution in [0.1, 0.15) is 56.2 Å². The molecule has 1 amide bonds. The molecule has 2 heterocycles. The van der Waals surface area contributed by atoms with Crippen LogP contribution in [0.15, 0.2) is 36.5 Å². The lowest BCUT2D eigenvalue weighted by molar-refractivity contribution is 0.0963. The van der Waals surface area contributed by atoms with E-state index < -0.39 is 0 Å². The van der Waals surface area contributed by atoms with Gasteiger partial charge in [0.25, 0.3) is 5.91 Å². The van der Waals surface area contributed by atoms with Gasteiger partial charge in [0, 0.05) is 31.5 Å². The van der Waals surface area contributed by atoms with Gasteiger partial charge in [-0.15, -0.1) is 0 Å². The maximum Gasteiger partial charge on any atom is 0.251 e. The molecule has 1 aliphatic heterocycles. The normalized spacial score (nSPS) is 13.8. The summed E-state index contributed by atoms with van der Waals surface area (Å²) in [5.74, 6) is -0.0638. The van der Waals surface area contributed by atoms with E-state index in [1.165, 1.54) is 38.0 Å². The Kier molecular flexibility index (Phi) is 8.46. The first-order valence-corrected chi connectivity index (χ1v) is 10.1. The molecule has 0 unspecified atom stereocenters. The number of pyridine rings is 1. The molecule has 4 nitrogen and oxygen atoms in total. The zero-order valence-corrected chi connectivity index (χ0v) is 17.2. The van der Waals surface area contributed by atoms with Crippen molar-refractivity contribution >= 4 is 5.91 Å². The van der Waals surface area contributed by atoms with Gasteiger partial charge < -0.3 is 10.2 Å². The van der Waals surface area contributed by atoms with Crippen molar-refractivity contribution in [2.75, 3.05) is 26.7 Å². The number of hydrogen-bond acceptors (Lipinski definition) is 3. The largest absolute Gasteiger partial charge is 0.355 e. The maximum atomic E-state index is 11.5. The van der Waals surface area contributed by atoms with Crippen molar-refractivity contribution in [2.45, 2.75) is 46.5 Å². The van der Waals surface area contributed by atoms with Gasteiger partial charge >= 0.3 is 0 Å². The lowest BCUT2D eigenvalue weighted by Crippen LogP contribution is -2.17. The molecule has 1 fully saturated rings. The number of aryl methyl sites for hydroxylation is 2. The van der Waals surface area contributed by atoms with Crippen LogP contribution in [-0.2, 0) is 6.42 Å². The van der Waals surface area contributed by atoms with Crippen LogP contribution in [0.5, 0.6) is 0 Å². The predicted molar refractivity (Wildman–Crippen MR) is 115 cm³/mol. The zero-order chi connectivity index (χ0) is 19.6. The van der Waals surface area contributed by atoms with Crippen LogP contribution < -0.4 is 5.32 Å². The highest BCUT2D eigenvalue weighted by molar-refractivity contribution is 5.94. The number of amides is 1. The zero-order valence-electron chi connectivity index (χ0n) is 17.2. The van der Waals surface area contributed by atoms with Gasteiger partial charge in [-0.2, -0.15) is 0 Å². The van der Waals surface area contributed by atoms with Crippen LogP contribution in [0.3, 0.4) is 0 Å². The second-order valence-corrected chi connectivity index (χ2v) is 7.02. The van der Waals surface area contributed by atoms with E-state index >= 15 is 0 Å². The molecule has 1 aromatic heterocycles. The molecule has 0 bridgehead atoms. The Morgan fingerprint density at radius 1 is 1.19 bits per heavy atom. The standard InChI is InChI=1S/C17H20N2O.C6H13N.H2/c1-4-5-13-10-16(12(2)19-11-13)14-6-8-15(9-7-14)17(20)18-3;1-2-7-5-3-4-6-7;/h6-11H,4-5H2,1-3H3,(H,18,20);2-6H2,1H3;1H. The van der Waals surface area contributed by atoms with Crippen molar-refractivity contribution < 1.29 is 6.22 Å². The first-order valence-electron chi connectivity index (χ1n) is 10.1. The number of carbonyl (C=O) groups excluding carboxylic acids is 1. The molecule has 27 heavy (non-hydrogen) atoms. The van der Waals surface area contributed by atoms with E-state index in [1.807, 2.05) is 37.4 Å². The minimum atomic E-state index is -0.0638. The number of nitrogens with zero attached hydrogens (tertiary/aromatic N) is 2. The molecule has 3 rings (SSSR count). The number of hydrogen-bond donors (Lipinski definition) is 1. The van der Waals surface area contributed by atoms with Crippen LogP contribution in [-0.4, -0.2) is 42.5 Å². The summed E-state index contributed by atoms with van der Waals surface area (Å²) in [6.07, 6.45) is 6.94. The highest BCUT2D eigenvalue weighted by Crippen LogP contribution is 2.24. The molecule has 2 aromatic rings. The molecule has 0 saturated carbocycles. The van der Waals surface area contributed by atoms with Crippen molar-refractivity contribution in [3.63, 3.8) is 0 Å². The van der Waals surface area contributed by atoms with E-state index in [1.54, 1.807) is 7.05 Å². The molecule has 148 valence electrons. The van der Waals surface area contributed by atoms with Crippen molar-refractivity contribution in [3.05, 3.63) is 53.3 Å². The fraction of sp³-hybridized carbons (Fsp3) is 0.478. The summed E-state index contributed by atoms with van der Waals surface area (Å²) in [7, 11) is 1.64. The third-order valence-electron chi connectivity index (χ3n) is 5.01. The summed E-state index contributed by atoms with van der Waals surface area (Å²) in [6.45, 7) is 10.3. The molecule has 1 saturated heterocycles. The summed E-state index contributed by atoms with van der Waals surface area (Å²) < 4.78 is 0. The molecule has 4 heteroatoms. The van der Waals surface area contributed by atoms with Crippen LogP contribution >= 0.6 is 0 Å². The Labute approximate surface area is 165 Å². The summed E-state index contributed by atoms with van der Waals surface area (Å²) in [5, 5.41) is 2.63. The van der Waals surface area contributed by atoms with Crippen LogP contribution in [0.2, 0.25) is 0 Å². The van der Waals surface area contributed by atoms with Gasteiger partial charge in [-0.05, 0) is 75.1 Å². The fourth-order valence-corrected chi connectivity index (χ4v) is 3.34. The molecule has 1 N–H and O–H groups in total. The van der Waals surface area contributed by atoms with Crippen LogP contribution in [0.25, 0.3) is 11.1 Å². The first kappa shape index (κ1) is 21.1. The molecule has 1 aromatic carbocycles. The van der Waals surface area contributed by atoms with Gasteiger partial charge in [-0.3, -0.25) is 9.78 Å². The number of aromatic nitrogens is 1. The van der Waals surface area contributed by atoms with E-state index in [0.717, 1.165) is 29.7 Å². The van der Waals surface area contributed by atoms with Crippen molar-refractivity contribution in [2.24, 2.45) is 0 Å². The molecule has 0 atom stereocenters. The fourth-order valence-electron chi connectivity index (χ4n) is 3.34. The molecular weight excluding hydrogens is 334 g/mol. The minimum Gasteiger partial charge on any atom is -0.355 e. The highest BCUT2D eigenvalue weighted by Gasteiger charge is 2.08. The van der Waals surface area contributed by atoms with Crippen molar-refractivity contribution in [1.82, 2.24) is 15.2 Å². The molecule has 0 aliphatic carbocycles. The van der Waals surface area contributed by atoms with E-state index in [9.17, 15) is 4.79 Å². The monoisotopic (exact) mass is 369 g/mol. The summed E-state index contributed by atoms with van der Waals surface area (Å²) >= 11 is 0. The number of likely N-dealkylation sites (tertiary alicyclic amines) is 1. The van der Waals surface area contributed by atoms with E-state index in [4.69, 9.17) is 0 Å². The Morgan fingerprint density at radius 2 is 1.85 bits per heavy atom. The maximum absolute atomic E-state index is 11.5. The van der Waals surface area contributed by atoms with Gasteiger partial charge in [0.15, 0.2) is 0 Å². The Morgan fingerprint density at radius 3 is 2.37 bits per heavy atom.